The number of carbonyl (C=O) groups excluding carboxylic acids is 3. The standard InChI is InChI=1S/C27H32FN5O5/c1-15-21(13-18-17-12-19(28)23(31-25(35)16(2)34)14-22(17)30-26(18)36)29-20-4-3-5-33(27(37)24(15)20)7-6-32-8-10-38-11-9-32/h12-14,16,29,34H,3-11H2,1-2H3,(H,30,36)(H,31,35)/b18-13-/t16-/m0/s1. The SMILES string of the molecule is Cc1c(/C=C2\C(=O)Nc3cc(NC(=O)[C@H](C)O)c(F)cc32)[nH]c2c1C(=O)N(CCN1CCOCC1)CCC2. The monoisotopic (exact) mass is 525 g/mol. The lowest BCUT2D eigenvalue weighted by Crippen LogP contribution is -2.43. The molecule has 5 rings (SSSR count). The van der Waals surface area contributed by atoms with E-state index in [-0.39, 0.29) is 17.2 Å². The maximum Gasteiger partial charge on any atom is 0.256 e. The van der Waals surface area contributed by atoms with Gasteiger partial charge in [-0.25, -0.2) is 4.39 Å². The molecule has 0 saturated carbocycles. The Labute approximate surface area is 219 Å². The van der Waals surface area contributed by atoms with Crippen molar-refractivity contribution in [3.8, 4) is 0 Å². The Hall–Kier alpha value is -3.54. The smallest absolute Gasteiger partial charge is 0.256 e. The number of H-pyrrole nitrogens is 1. The maximum atomic E-state index is 14.8. The average molecular weight is 526 g/mol. The molecule has 11 heteroatoms. The van der Waals surface area contributed by atoms with Gasteiger partial charge in [0.05, 0.1) is 35.7 Å². The first kappa shape index (κ1) is 26.1. The van der Waals surface area contributed by atoms with Crippen molar-refractivity contribution in [2.24, 2.45) is 0 Å². The summed E-state index contributed by atoms with van der Waals surface area (Å²) in [5.41, 5.74) is 3.67. The van der Waals surface area contributed by atoms with Crippen molar-refractivity contribution in [2.45, 2.75) is 32.8 Å². The van der Waals surface area contributed by atoms with Gasteiger partial charge in [-0.3, -0.25) is 19.3 Å². The number of aliphatic hydroxyl groups excluding tert-OH is 1. The highest BCUT2D eigenvalue weighted by Gasteiger charge is 2.30. The Balaban J connectivity index is 1.40. The molecule has 0 radical (unpaired) electrons. The number of aromatic amines is 1. The van der Waals surface area contributed by atoms with Crippen LogP contribution in [0.2, 0.25) is 0 Å². The zero-order valence-corrected chi connectivity index (χ0v) is 21.5. The first-order valence-corrected chi connectivity index (χ1v) is 12.9. The summed E-state index contributed by atoms with van der Waals surface area (Å²) < 4.78 is 20.2. The largest absolute Gasteiger partial charge is 0.384 e. The number of amides is 3. The Kier molecular flexibility index (Phi) is 7.33. The Morgan fingerprint density at radius 3 is 2.74 bits per heavy atom. The predicted molar refractivity (Wildman–Crippen MR) is 140 cm³/mol. The molecule has 38 heavy (non-hydrogen) atoms. The number of aliphatic hydroxyl groups is 1. The van der Waals surface area contributed by atoms with Crippen LogP contribution in [0.3, 0.4) is 0 Å². The maximum absolute atomic E-state index is 14.8. The summed E-state index contributed by atoms with van der Waals surface area (Å²) in [6, 6.07) is 2.51. The third-order valence-corrected chi connectivity index (χ3v) is 7.33. The fraction of sp³-hybridized carbons (Fsp3) is 0.444. The van der Waals surface area contributed by atoms with E-state index in [1.54, 1.807) is 6.08 Å². The number of carbonyl (C=O) groups is 3. The van der Waals surface area contributed by atoms with Crippen LogP contribution in [0.25, 0.3) is 11.6 Å². The number of aromatic nitrogens is 1. The molecular formula is C27H32FN5O5. The summed E-state index contributed by atoms with van der Waals surface area (Å²) >= 11 is 0. The second-order valence-electron chi connectivity index (χ2n) is 9.92. The van der Waals surface area contributed by atoms with Gasteiger partial charge in [0.15, 0.2) is 0 Å². The first-order chi connectivity index (χ1) is 18.2. The topological polar surface area (TPSA) is 127 Å². The number of hydrogen-bond donors (Lipinski definition) is 4. The fourth-order valence-corrected chi connectivity index (χ4v) is 5.14. The van der Waals surface area contributed by atoms with Gasteiger partial charge in [-0.05, 0) is 50.5 Å². The normalized spacial score (nSPS) is 19.7. The Morgan fingerprint density at radius 2 is 2.00 bits per heavy atom. The van der Waals surface area contributed by atoms with E-state index in [1.807, 2.05) is 11.8 Å². The predicted octanol–water partition coefficient (Wildman–Crippen LogP) is 1.99. The van der Waals surface area contributed by atoms with E-state index in [2.05, 4.69) is 20.5 Å². The zero-order chi connectivity index (χ0) is 27.0. The average Bonchev–Trinajstić information content (AvgIpc) is 3.30. The number of morpholine rings is 1. The molecular weight excluding hydrogens is 493 g/mol. The number of nitrogens with zero attached hydrogens (tertiary/aromatic N) is 2. The van der Waals surface area contributed by atoms with Crippen LogP contribution in [0.15, 0.2) is 12.1 Å². The van der Waals surface area contributed by atoms with Crippen molar-refractivity contribution in [3.05, 3.63) is 46.0 Å². The van der Waals surface area contributed by atoms with Crippen LogP contribution in [0.4, 0.5) is 15.8 Å². The molecule has 202 valence electrons. The van der Waals surface area contributed by atoms with Gasteiger partial charge in [-0.15, -0.1) is 0 Å². The number of nitrogens with one attached hydrogen (secondary N) is 3. The molecule has 0 spiro atoms. The van der Waals surface area contributed by atoms with Crippen molar-refractivity contribution in [1.82, 2.24) is 14.8 Å². The van der Waals surface area contributed by atoms with E-state index < -0.39 is 23.7 Å². The lowest BCUT2D eigenvalue weighted by Gasteiger charge is -2.29. The van der Waals surface area contributed by atoms with Crippen LogP contribution in [0.1, 0.15) is 46.2 Å². The fourth-order valence-electron chi connectivity index (χ4n) is 5.14. The van der Waals surface area contributed by atoms with Crippen molar-refractivity contribution < 1.29 is 28.6 Å². The van der Waals surface area contributed by atoms with E-state index in [0.29, 0.717) is 55.2 Å². The molecule has 0 aliphatic carbocycles. The summed E-state index contributed by atoms with van der Waals surface area (Å²) in [6.45, 7) is 8.42. The van der Waals surface area contributed by atoms with Crippen LogP contribution < -0.4 is 10.6 Å². The third-order valence-electron chi connectivity index (χ3n) is 7.33. The number of rotatable bonds is 6. The summed E-state index contributed by atoms with van der Waals surface area (Å²) in [4.78, 5) is 45.7. The van der Waals surface area contributed by atoms with Gasteiger partial charge in [-0.2, -0.15) is 0 Å². The van der Waals surface area contributed by atoms with Crippen molar-refractivity contribution in [3.63, 3.8) is 0 Å². The van der Waals surface area contributed by atoms with E-state index in [9.17, 15) is 23.9 Å². The lowest BCUT2D eigenvalue weighted by atomic mass is 10.0. The van der Waals surface area contributed by atoms with Gasteiger partial charge in [0, 0.05) is 49.7 Å². The highest BCUT2D eigenvalue weighted by atomic mass is 19.1. The van der Waals surface area contributed by atoms with Gasteiger partial charge in [0.2, 0.25) is 0 Å². The van der Waals surface area contributed by atoms with Crippen molar-refractivity contribution >= 4 is 40.7 Å². The van der Waals surface area contributed by atoms with E-state index in [0.717, 1.165) is 37.3 Å². The number of benzene rings is 1. The van der Waals surface area contributed by atoms with Gasteiger partial charge in [0.25, 0.3) is 17.7 Å². The molecule has 0 bridgehead atoms. The second kappa shape index (κ2) is 10.7. The number of aryl methyl sites for hydroxylation is 1. The van der Waals surface area contributed by atoms with Crippen LogP contribution >= 0.6 is 0 Å². The van der Waals surface area contributed by atoms with Crippen LogP contribution in [-0.4, -0.2) is 89.7 Å². The molecule has 0 unspecified atom stereocenters. The molecule has 1 aromatic carbocycles. The van der Waals surface area contributed by atoms with Crippen LogP contribution in [0, 0.1) is 12.7 Å². The third kappa shape index (κ3) is 5.09. The summed E-state index contributed by atoms with van der Waals surface area (Å²) in [5, 5.41) is 14.4. The molecule has 3 aliphatic heterocycles. The van der Waals surface area contributed by atoms with E-state index in [4.69, 9.17) is 4.74 Å². The molecule has 1 saturated heterocycles. The second-order valence-corrected chi connectivity index (χ2v) is 9.92. The highest BCUT2D eigenvalue weighted by molar-refractivity contribution is 6.35. The number of ether oxygens (including phenoxy) is 1. The van der Waals surface area contributed by atoms with Gasteiger partial charge in [0.1, 0.15) is 11.9 Å². The molecule has 10 nitrogen and oxygen atoms in total. The van der Waals surface area contributed by atoms with E-state index >= 15 is 0 Å². The van der Waals surface area contributed by atoms with Crippen molar-refractivity contribution in [2.75, 3.05) is 56.6 Å². The molecule has 1 aromatic heterocycles. The minimum absolute atomic E-state index is 0.0232. The Morgan fingerprint density at radius 1 is 1.24 bits per heavy atom. The van der Waals surface area contributed by atoms with Gasteiger partial charge < -0.3 is 30.4 Å². The number of halogens is 1. The summed E-state index contributed by atoms with van der Waals surface area (Å²) in [6.07, 6.45) is 1.87. The van der Waals surface area contributed by atoms with Gasteiger partial charge in [-0.1, -0.05) is 0 Å². The van der Waals surface area contributed by atoms with Gasteiger partial charge >= 0.3 is 0 Å². The molecule has 1 fully saturated rings. The molecule has 1 atom stereocenters. The first-order valence-electron chi connectivity index (χ1n) is 12.9. The minimum Gasteiger partial charge on any atom is -0.384 e. The zero-order valence-electron chi connectivity index (χ0n) is 21.5. The van der Waals surface area contributed by atoms with Crippen LogP contribution in [0.5, 0.6) is 0 Å². The molecule has 3 amide bonds. The molecule has 2 aromatic rings. The van der Waals surface area contributed by atoms with Crippen molar-refractivity contribution in [1.29, 1.82) is 0 Å². The molecule has 4 N–H and O–H groups in total. The number of anilines is 2. The van der Waals surface area contributed by atoms with E-state index in [1.165, 1.54) is 19.1 Å². The quantitative estimate of drug-likeness (QED) is 0.428. The summed E-state index contributed by atoms with van der Waals surface area (Å²) in [7, 11) is 0. The molecule has 3 aliphatic rings. The number of fused-ring (bicyclic) bond motifs is 2. The lowest BCUT2D eigenvalue weighted by molar-refractivity contribution is -0.123. The minimum atomic E-state index is -1.31. The highest BCUT2D eigenvalue weighted by Crippen LogP contribution is 2.37. The van der Waals surface area contributed by atoms with Crippen LogP contribution in [-0.2, 0) is 20.7 Å². The summed E-state index contributed by atoms with van der Waals surface area (Å²) in [5.74, 6) is -1.92. The number of hydrogen-bond acceptors (Lipinski definition) is 6. The molecule has 4 heterocycles. The Bertz CT molecular complexity index is 1310.